The number of hydrogen-bond acceptors (Lipinski definition) is 7. The maximum atomic E-state index is 11.0. The van der Waals surface area contributed by atoms with Crippen LogP contribution in [0.5, 0.6) is 5.88 Å². The molecule has 3 fully saturated rings. The summed E-state index contributed by atoms with van der Waals surface area (Å²) in [5, 5.41) is 0. The summed E-state index contributed by atoms with van der Waals surface area (Å²) in [5.41, 5.74) is 2.00. The molecular formula is C25H31N5O2. The third kappa shape index (κ3) is 3.62. The summed E-state index contributed by atoms with van der Waals surface area (Å²) in [6, 6.07) is 10.3. The summed E-state index contributed by atoms with van der Waals surface area (Å²) in [4.78, 5) is 27.4. The third-order valence-electron chi connectivity index (χ3n) is 7.98. The first-order valence-electron chi connectivity index (χ1n) is 12.0. The number of carbonyl (C=O) groups excluding carboxylic acids is 1. The van der Waals surface area contributed by atoms with E-state index in [1.807, 2.05) is 18.3 Å². The maximum Gasteiger partial charge on any atom is 0.238 e. The molecule has 4 aliphatic rings. The molecule has 1 atom stereocenters. The Hall–Kier alpha value is -2.67. The minimum absolute atomic E-state index is 0.369. The van der Waals surface area contributed by atoms with Gasteiger partial charge in [-0.25, -0.2) is 9.97 Å². The van der Waals surface area contributed by atoms with E-state index in [-0.39, 0.29) is 0 Å². The second-order valence-corrected chi connectivity index (χ2v) is 10.1. The van der Waals surface area contributed by atoms with Crippen LogP contribution >= 0.6 is 0 Å². The Balaban J connectivity index is 1.00. The van der Waals surface area contributed by atoms with Crippen molar-refractivity contribution in [2.24, 2.45) is 11.3 Å². The van der Waals surface area contributed by atoms with Crippen LogP contribution in [-0.4, -0.2) is 73.1 Å². The number of carbonyl (C=O) groups is 1. The fourth-order valence-corrected chi connectivity index (χ4v) is 6.18. The molecular weight excluding hydrogens is 402 g/mol. The molecule has 0 amide bonds. The van der Waals surface area contributed by atoms with Crippen molar-refractivity contribution in [1.29, 1.82) is 0 Å². The zero-order chi connectivity index (χ0) is 21.5. The lowest BCUT2D eigenvalue weighted by Crippen LogP contribution is -2.59. The van der Waals surface area contributed by atoms with Gasteiger partial charge in [-0.2, -0.15) is 0 Å². The summed E-state index contributed by atoms with van der Waals surface area (Å²) in [5.74, 6) is 2.55. The number of piperazine rings is 1. The Morgan fingerprint density at radius 1 is 1.12 bits per heavy atom. The van der Waals surface area contributed by atoms with Crippen LogP contribution in [0.1, 0.15) is 36.2 Å². The van der Waals surface area contributed by atoms with Gasteiger partial charge in [0.2, 0.25) is 5.88 Å². The highest BCUT2D eigenvalue weighted by molar-refractivity contribution is 5.74. The van der Waals surface area contributed by atoms with Gasteiger partial charge in [0.15, 0.2) is 6.29 Å². The Morgan fingerprint density at radius 2 is 2.00 bits per heavy atom. The van der Waals surface area contributed by atoms with E-state index in [9.17, 15) is 4.79 Å². The second-order valence-electron chi connectivity index (χ2n) is 10.1. The number of aldehydes is 1. The molecule has 0 N–H and O–H groups in total. The molecule has 168 valence electrons. The van der Waals surface area contributed by atoms with Gasteiger partial charge in [-0.3, -0.25) is 9.69 Å². The first-order chi connectivity index (χ1) is 15.7. The Bertz CT molecular complexity index is 968. The minimum atomic E-state index is 0.369. The van der Waals surface area contributed by atoms with Crippen molar-refractivity contribution < 1.29 is 9.53 Å². The monoisotopic (exact) mass is 433 g/mol. The average molecular weight is 434 g/mol. The van der Waals surface area contributed by atoms with Crippen LogP contribution in [0.3, 0.4) is 0 Å². The first-order valence-corrected chi connectivity index (χ1v) is 12.0. The molecule has 7 heteroatoms. The molecule has 3 aliphatic heterocycles. The van der Waals surface area contributed by atoms with Gasteiger partial charge in [-0.1, -0.05) is 6.07 Å². The van der Waals surface area contributed by atoms with E-state index < -0.39 is 0 Å². The van der Waals surface area contributed by atoms with Crippen LogP contribution in [0.25, 0.3) is 0 Å². The number of hydrogen-bond donors (Lipinski definition) is 0. The van der Waals surface area contributed by atoms with Crippen LogP contribution in [-0.2, 0) is 0 Å². The molecule has 0 bridgehead atoms. The van der Waals surface area contributed by atoms with Gasteiger partial charge in [0.25, 0.3) is 0 Å². The van der Waals surface area contributed by atoms with Crippen LogP contribution in [0.2, 0.25) is 0 Å². The van der Waals surface area contributed by atoms with Crippen LogP contribution in [0.4, 0.5) is 11.5 Å². The molecule has 6 rings (SSSR count). The van der Waals surface area contributed by atoms with Crippen LogP contribution in [0.15, 0.2) is 36.5 Å². The smallest absolute Gasteiger partial charge is 0.238 e. The van der Waals surface area contributed by atoms with Crippen LogP contribution in [0, 0.1) is 11.3 Å². The number of pyridine rings is 2. The van der Waals surface area contributed by atoms with Gasteiger partial charge in [-0.15, -0.1) is 0 Å². The minimum Gasteiger partial charge on any atom is -0.474 e. The van der Waals surface area contributed by atoms with Crippen molar-refractivity contribution in [3.63, 3.8) is 0 Å². The SMILES string of the molecule is O=Cc1ccc2c(n1)OCC1CN(CC3CCC4(CC3)CN(c3ccccn3)C4)CCN21. The topological polar surface area (TPSA) is 61.8 Å². The van der Waals surface area contributed by atoms with E-state index in [1.54, 1.807) is 6.07 Å². The fourth-order valence-electron chi connectivity index (χ4n) is 6.18. The van der Waals surface area contributed by atoms with E-state index in [0.717, 1.165) is 43.3 Å². The quantitative estimate of drug-likeness (QED) is 0.687. The number of fused-ring (bicyclic) bond motifs is 3. The summed E-state index contributed by atoms with van der Waals surface area (Å²) in [6.07, 6.45) is 8.07. The van der Waals surface area contributed by atoms with Gasteiger partial charge >= 0.3 is 0 Å². The number of anilines is 2. The summed E-state index contributed by atoms with van der Waals surface area (Å²) >= 11 is 0. The molecule has 1 saturated carbocycles. The largest absolute Gasteiger partial charge is 0.474 e. The second kappa shape index (κ2) is 8.03. The Kier molecular flexibility index (Phi) is 5.01. The molecule has 1 spiro atoms. The molecule has 1 unspecified atom stereocenters. The third-order valence-corrected chi connectivity index (χ3v) is 7.98. The zero-order valence-electron chi connectivity index (χ0n) is 18.5. The average Bonchev–Trinajstić information content (AvgIpc) is 2.83. The maximum absolute atomic E-state index is 11.0. The predicted octanol–water partition coefficient (Wildman–Crippen LogP) is 2.87. The number of aromatic nitrogens is 2. The van der Waals surface area contributed by atoms with Gasteiger partial charge in [0.1, 0.15) is 23.8 Å². The van der Waals surface area contributed by atoms with E-state index >= 15 is 0 Å². The molecule has 2 aromatic heterocycles. The molecule has 5 heterocycles. The molecule has 0 radical (unpaired) electrons. The predicted molar refractivity (Wildman–Crippen MR) is 124 cm³/mol. The summed E-state index contributed by atoms with van der Waals surface area (Å²) < 4.78 is 5.92. The van der Waals surface area contributed by atoms with Crippen molar-refractivity contribution in [3.8, 4) is 5.88 Å². The van der Waals surface area contributed by atoms with Gasteiger partial charge in [-0.05, 0) is 55.9 Å². The highest BCUT2D eigenvalue weighted by Crippen LogP contribution is 2.47. The Morgan fingerprint density at radius 3 is 2.78 bits per heavy atom. The zero-order valence-corrected chi connectivity index (χ0v) is 18.5. The Labute approximate surface area is 189 Å². The number of nitrogens with zero attached hydrogens (tertiary/aromatic N) is 5. The lowest BCUT2D eigenvalue weighted by Gasteiger charge is -2.54. The molecule has 1 aliphatic carbocycles. The van der Waals surface area contributed by atoms with E-state index in [1.165, 1.54) is 45.3 Å². The van der Waals surface area contributed by atoms with Crippen molar-refractivity contribution >= 4 is 17.8 Å². The lowest BCUT2D eigenvalue weighted by molar-refractivity contribution is 0.0801. The molecule has 2 aromatic rings. The molecule has 32 heavy (non-hydrogen) atoms. The number of rotatable bonds is 4. The van der Waals surface area contributed by atoms with Crippen molar-refractivity contribution in [2.75, 3.05) is 55.7 Å². The fraction of sp³-hybridized carbons (Fsp3) is 0.560. The molecule has 7 nitrogen and oxygen atoms in total. The van der Waals surface area contributed by atoms with Gasteiger partial charge in [0, 0.05) is 50.9 Å². The van der Waals surface area contributed by atoms with Gasteiger partial charge < -0.3 is 14.5 Å². The highest BCUT2D eigenvalue weighted by Gasteiger charge is 2.46. The molecule has 2 saturated heterocycles. The normalized spacial score (nSPS) is 24.9. The first kappa shape index (κ1) is 20.0. The summed E-state index contributed by atoms with van der Waals surface area (Å²) in [6.45, 7) is 7.33. The van der Waals surface area contributed by atoms with Crippen molar-refractivity contribution in [3.05, 3.63) is 42.2 Å². The number of ether oxygens (including phenoxy) is 1. The summed E-state index contributed by atoms with van der Waals surface area (Å²) in [7, 11) is 0. The lowest BCUT2D eigenvalue weighted by atomic mass is 9.66. The van der Waals surface area contributed by atoms with Crippen molar-refractivity contribution in [2.45, 2.75) is 31.7 Å². The van der Waals surface area contributed by atoms with E-state index in [4.69, 9.17) is 4.74 Å². The highest BCUT2D eigenvalue weighted by atomic mass is 16.5. The molecule has 0 aromatic carbocycles. The van der Waals surface area contributed by atoms with Crippen LogP contribution < -0.4 is 14.5 Å². The van der Waals surface area contributed by atoms with Gasteiger partial charge in [0.05, 0.1) is 6.04 Å². The van der Waals surface area contributed by atoms with Crippen molar-refractivity contribution in [1.82, 2.24) is 14.9 Å². The van der Waals surface area contributed by atoms with E-state index in [0.29, 0.717) is 29.6 Å². The standard InChI is InChI=1S/C25H31N5O2/c31-15-20-4-5-22-24(27-20)32-16-21-14-28(11-12-30(21)22)13-19-6-8-25(9-7-19)17-29(18-25)23-3-1-2-10-26-23/h1-5,10,15,19,21H,6-9,11-14,16-18H2. The van der Waals surface area contributed by atoms with E-state index in [2.05, 4.69) is 36.8 Å².